The van der Waals surface area contributed by atoms with Gasteiger partial charge in [0.15, 0.2) is 5.11 Å². The number of carbonyl (C=O) groups is 1. The largest absolute Gasteiger partial charge is 0.465 e. The molecule has 0 saturated carbocycles. The first-order valence-electron chi connectivity index (χ1n) is 9.06. The minimum absolute atomic E-state index is 0.289. The maximum atomic E-state index is 13.3. The minimum Gasteiger partial charge on any atom is -0.465 e. The predicted molar refractivity (Wildman–Crippen MR) is 113 cm³/mol. The van der Waals surface area contributed by atoms with Crippen molar-refractivity contribution in [2.45, 2.75) is 45.4 Å². The van der Waals surface area contributed by atoms with E-state index in [-0.39, 0.29) is 11.8 Å². The lowest BCUT2D eigenvalue weighted by molar-refractivity contribution is 0.0601. The lowest BCUT2D eigenvalue weighted by Gasteiger charge is -2.13. The van der Waals surface area contributed by atoms with Crippen LogP contribution in [0.15, 0.2) is 18.2 Å². The van der Waals surface area contributed by atoms with Crippen LogP contribution in [-0.2, 0) is 17.6 Å². The first kappa shape index (κ1) is 19.8. The standard InChI is InChI=1S/C20H23FN2O2S2/c1-12-11-13(21)9-10-15(12)22-20(26)23-18-17(19(24)25-2)14-7-5-3-4-6-8-16(14)27-18/h9-11H,3-8H2,1-2H3,(H2,22,23,26). The van der Waals surface area contributed by atoms with Gasteiger partial charge in [0.2, 0.25) is 0 Å². The summed E-state index contributed by atoms with van der Waals surface area (Å²) in [4.78, 5) is 13.7. The van der Waals surface area contributed by atoms with E-state index < -0.39 is 0 Å². The molecule has 1 aliphatic rings. The topological polar surface area (TPSA) is 50.4 Å². The van der Waals surface area contributed by atoms with Crippen molar-refractivity contribution in [2.24, 2.45) is 0 Å². The number of thiophene rings is 1. The van der Waals surface area contributed by atoms with E-state index in [1.54, 1.807) is 17.4 Å². The Morgan fingerprint density at radius 2 is 1.93 bits per heavy atom. The van der Waals surface area contributed by atoms with Gasteiger partial charge >= 0.3 is 5.97 Å². The smallest absolute Gasteiger partial charge is 0.341 e. The first-order chi connectivity index (χ1) is 13.0. The van der Waals surface area contributed by atoms with Crippen LogP contribution in [0.4, 0.5) is 15.1 Å². The molecular formula is C20H23FN2O2S2. The second kappa shape index (κ2) is 8.80. The number of anilines is 2. The van der Waals surface area contributed by atoms with Crippen molar-refractivity contribution in [1.29, 1.82) is 0 Å². The number of hydrogen-bond acceptors (Lipinski definition) is 4. The third-order valence-corrected chi connectivity index (χ3v) is 6.14. The predicted octanol–water partition coefficient (Wildman–Crippen LogP) is 5.45. The van der Waals surface area contributed by atoms with Gasteiger partial charge in [-0.1, -0.05) is 12.8 Å². The molecule has 0 unspecified atom stereocenters. The van der Waals surface area contributed by atoms with E-state index in [1.807, 2.05) is 6.92 Å². The van der Waals surface area contributed by atoms with E-state index in [0.717, 1.165) is 42.5 Å². The Hall–Kier alpha value is -1.99. The Balaban J connectivity index is 1.85. The molecule has 1 aliphatic carbocycles. The quantitative estimate of drug-likeness (QED) is 0.524. The number of fused-ring (bicyclic) bond motifs is 1. The Labute approximate surface area is 168 Å². The highest BCUT2D eigenvalue weighted by Crippen LogP contribution is 2.37. The van der Waals surface area contributed by atoms with E-state index in [4.69, 9.17) is 17.0 Å². The highest BCUT2D eigenvalue weighted by molar-refractivity contribution is 7.80. The highest BCUT2D eigenvalue weighted by atomic mass is 32.1. The molecule has 0 bridgehead atoms. The van der Waals surface area contributed by atoms with Gasteiger partial charge in [-0.2, -0.15) is 0 Å². The van der Waals surface area contributed by atoms with Crippen LogP contribution in [0.1, 0.15) is 52.0 Å². The van der Waals surface area contributed by atoms with Gasteiger partial charge in [-0.3, -0.25) is 0 Å². The first-order valence-corrected chi connectivity index (χ1v) is 10.3. The van der Waals surface area contributed by atoms with E-state index in [1.165, 1.54) is 37.0 Å². The van der Waals surface area contributed by atoms with E-state index in [9.17, 15) is 9.18 Å². The molecule has 27 heavy (non-hydrogen) atoms. The van der Waals surface area contributed by atoms with Gasteiger partial charge in [0.1, 0.15) is 10.8 Å². The Kier molecular flexibility index (Phi) is 6.44. The van der Waals surface area contributed by atoms with Crippen LogP contribution in [0.25, 0.3) is 0 Å². The van der Waals surface area contributed by atoms with E-state index >= 15 is 0 Å². The number of nitrogens with one attached hydrogen (secondary N) is 2. The second-order valence-corrected chi connectivity index (χ2v) is 8.17. The fourth-order valence-electron chi connectivity index (χ4n) is 3.35. The zero-order valence-corrected chi connectivity index (χ0v) is 17.1. The van der Waals surface area contributed by atoms with Crippen LogP contribution >= 0.6 is 23.6 Å². The number of halogens is 1. The summed E-state index contributed by atoms with van der Waals surface area (Å²) >= 11 is 7.00. The number of benzene rings is 1. The number of ether oxygens (including phenoxy) is 1. The summed E-state index contributed by atoms with van der Waals surface area (Å²) < 4.78 is 18.3. The van der Waals surface area contributed by atoms with Crippen LogP contribution in [0.3, 0.4) is 0 Å². The molecule has 0 amide bonds. The molecular weight excluding hydrogens is 383 g/mol. The Morgan fingerprint density at radius 1 is 1.19 bits per heavy atom. The van der Waals surface area contributed by atoms with Gasteiger partial charge < -0.3 is 15.4 Å². The second-order valence-electron chi connectivity index (χ2n) is 6.65. The number of thiocarbonyl (C=S) groups is 1. The Bertz CT molecular complexity index is 864. The summed E-state index contributed by atoms with van der Waals surface area (Å²) in [5, 5.41) is 7.32. The number of hydrogen-bond donors (Lipinski definition) is 2. The summed E-state index contributed by atoms with van der Waals surface area (Å²) in [6, 6.07) is 4.48. The normalized spacial score (nSPS) is 13.9. The molecule has 1 heterocycles. The van der Waals surface area contributed by atoms with Crippen LogP contribution < -0.4 is 10.6 Å². The van der Waals surface area contributed by atoms with Gasteiger partial charge in [0.25, 0.3) is 0 Å². The monoisotopic (exact) mass is 406 g/mol. The van der Waals surface area contributed by atoms with Gasteiger partial charge in [-0.15, -0.1) is 11.3 Å². The summed E-state index contributed by atoms with van der Waals surface area (Å²) in [7, 11) is 1.40. The van der Waals surface area contributed by atoms with E-state index in [0.29, 0.717) is 15.7 Å². The highest BCUT2D eigenvalue weighted by Gasteiger charge is 2.25. The van der Waals surface area contributed by atoms with Crippen LogP contribution in [0, 0.1) is 12.7 Å². The average Bonchev–Trinajstić information content (AvgIpc) is 2.93. The molecule has 3 rings (SSSR count). The fourth-order valence-corrected chi connectivity index (χ4v) is 4.91. The molecule has 0 radical (unpaired) electrons. The molecule has 0 saturated heterocycles. The number of aryl methyl sites for hydroxylation is 2. The molecule has 2 aromatic rings. The van der Waals surface area contributed by atoms with Crippen molar-refractivity contribution in [2.75, 3.05) is 17.7 Å². The molecule has 0 atom stereocenters. The van der Waals surface area contributed by atoms with Crippen molar-refractivity contribution in [3.63, 3.8) is 0 Å². The molecule has 0 spiro atoms. The van der Waals surface area contributed by atoms with Crippen LogP contribution in [0.5, 0.6) is 0 Å². The number of carbonyl (C=O) groups excluding carboxylic acids is 1. The number of esters is 1. The molecule has 144 valence electrons. The van der Waals surface area contributed by atoms with Crippen molar-refractivity contribution in [1.82, 2.24) is 0 Å². The lowest BCUT2D eigenvalue weighted by atomic mass is 9.96. The summed E-state index contributed by atoms with van der Waals surface area (Å²) in [6.07, 6.45) is 6.47. The third kappa shape index (κ3) is 4.65. The van der Waals surface area contributed by atoms with Gasteiger partial charge in [-0.05, 0) is 74.2 Å². The summed E-state index contributed by atoms with van der Waals surface area (Å²) in [5.41, 5.74) is 3.17. The molecule has 1 aromatic heterocycles. The molecule has 4 nitrogen and oxygen atoms in total. The van der Waals surface area contributed by atoms with Gasteiger partial charge in [0.05, 0.1) is 12.7 Å². The van der Waals surface area contributed by atoms with Gasteiger partial charge in [0, 0.05) is 10.6 Å². The summed E-state index contributed by atoms with van der Waals surface area (Å²) in [5.74, 6) is -0.626. The van der Waals surface area contributed by atoms with Crippen molar-refractivity contribution >= 4 is 45.3 Å². The molecule has 7 heteroatoms. The zero-order chi connectivity index (χ0) is 19.4. The summed E-state index contributed by atoms with van der Waals surface area (Å²) in [6.45, 7) is 1.81. The molecule has 0 fully saturated rings. The molecule has 2 N–H and O–H groups in total. The van der Waals surface area contributed by atoms with Crippen molar-refractivity contribution < 1.29 is 13.9 Å². The van der Waals surface area contributed by atoms with E-state index in [2.05, 4.69) is 10.6 Å². The zero-order valence-electron chi connectivity index (χ0n) is 15.5. The van der Waals surface area contributed by atoms with Crippen LogP contribution in [0.2, 0.25) is 0 Å². The van der Waals surface area contributed by atoms with Crippen molar-refractivity contribution in [3.8, 4) is 0 Å². The minimum atomic E-state index is -0.337. The van der Waals surface area contributed by atoms with Crippen LogP contribution in [-0.4, -0.2) is 18.2 Å². The lowest BCUT2D eigenvalue weighted by Crippen LogP contribution is -2.20. The average molecular weight is 407 g/mol. The number of rotatable bonds is 3. The Morgan fingerprint density at radius 3 is 2.63 bits per heavy atom. The maximum absolute atomic E-state index is 13.3. The SMILES string of the molecule is COC(=O)c1c(NC(=S)Nc2ccc(F)cc2C)sc2c1CCCCCC2. The fraction of sp³-hybridized carbons (Fsp3) is 0.400. The maximum Gasteiger partial charge on any atom is 0.341 e. The number of methoxy groups -OCH3 is 1. The van der Waals surface area contributed by atoms with Gasteiger partial charge in [-0.25, -0.2) is 9.18 Å². The third-order valence-electron chi connectivity index (χ3n) is 4.72. The van der Waals surface area contributed by atoms with Crippen molar-refractivity contribution in [3.05, 3.63) is 45.6 Å². The molecule has 0 aliphatic heterocycles. The molecule has 1 aromatic carbocycles.